The first kappa shape index (κ1) is 24.9. The van der Waals surface area contributed by atoms with Crippen LogP contribution in [-0.2, 0) is 9.53 Å². The van der Waals surface area contributed by atoms with Gasteiger partial charge in [-0.15, -0.1) is 0 Å². The molecule has 1 fully saturated rings. The van der Waals surface area contributed by atoms with Gasteiger partial charge in [-0.2, -0.15) is 14.0 Å². The molecule has 3 aromatic rings. The van der Waals surface area contributed by atoms with E-state index in [9.17, 15) is 27.6 Å². The summed E-state index contributed by atoms with van der Waals surface area (Å²) in [5.41, 5.74) is 2.14. The Morgan fingerprint density at radius 1 is 1.11 bits per heavy atom. The Kier molecular flexibility index (Phi) is 7.30. The lowest BCUT2D eigenvalue weighted by Crippen LogP contribution is -2.41. The Labute approximate surface area is 203 Å². The second-order valence-corrected chi connectivity index (χ2v) is 7.79. The van der Waals surface area contributed by atoms with E-state index in [1.165, 1.54) is 24.4 Å². The lowest BCUT2D eigenvalue weighted by molar-refractivity contribution is -0.163. The van der Waals surface area contributed by atoms with E-state index in [-0.39, 0.29) is 17.2 Å². The summed E-state index contributed by atoms with van der Waals surface area (Å²) in [7, 11) is 0. The number of halogens is 4. The zero-order valence-corrected chi connectivity index (χ0v) is 18.7. The molecule has 2 N–H and O–H groups in total. The number of anilines is 4. The fourth-order valence-corrected chi connectivity index (χ4v) is 3.50. The van der Waals surface area contributed by atoms with Crippen molar-refractivity contribution in [1.29, 1.82) is 5.26 Å². The molecule has 12 heteroatoms. The van der Waals surface area contributed by atoms with Crippen LogP contribution in [0.15, 0.2) is 54.7 Å². The standard InChI is InChI=1S/C24H20F4N6O2/c25-21(26)24(27,28)22(35)32-19-6-1-15(13-16(19)14-29)20-7-8-30-23(33-20)31-17-2-4-18(5-3-17)34-9-11-36-12-10-34/h1-8,13,21H,9-12H2,(H,32,35)(H,30,31,33). The van der Waals surface area contributed by atoms with E-state index in [2.05, 4.69) is 20.2 Å². The maximum Gasteiger partial charge on any atom is 0.383 e. The Bertz CT molecular complexity index is 1270. The number of rotatable bonds is 7. The molecule has 36 heavy (non-hydrogen) atoms. The van der Waals surface area contributed by atoms with E-state index < -0.39 is 18.3 Å². The molecule has 186 valence electrons. The average Bonchev–Trinajstić information content (AvgIpc) is 2.90. The molecule has 0 spiro atoms. The second-order valence-electron chi connectivity index (χ2n) is 7.79. The first-order valence-corrected chi connectivity index (χ1v) is 10.8. The van der Waals surface area contributed by atoms with E-state index in [0.717, 1.165) is 24.5 Å². The molecule has 2 heterocycles. The van der Waals surface area contributed by atoms with Gasteiger partial charge in [-0.1, -0.05) is 6.07 Å². The summed E-state index contributed by atoms with van der Waals surface area (Å²) in [5, 5.41) is 14.2. The maximum absolute atomic E-state index is 13.3. The van der Waals surface area contributed by atoms with Crippen molar-refractivity contribution in [3.05, 3.63) is 60.3 Å². The van der Waals surface area contributed by atoms with Crippen LogP contribution in [0, 0.1) is 11.3 Å². The van der Waals surface area contributed by atoms with Gasteiger partial charge in [-0.3, -0.25) is 4.79 Å². The molecule has 1 saturated heterocycles. The summed E-state index contributed by atoms with van der Waals surface area (Å²) in [6, 6.07) is 15.0. The second kappa shape index (κ2) is 10.6. The maximum atomic E-state index is 13.3. The Balaban J connectivity index is 1.49. The van der Waals surface area contributed by atoms with Crippen molar-refractivity contribution in [3.8, 4) is 17.3 Å². The van der Waals surface area contributed by atoms with Gasteiger partial charge >= 0.3 is 18.3 Å². The summed E-state index contributed by atoms with van der Waals surface area (Å²) in [4.78, 5) is 22.4. The van der Waals surface area contributed by atoms with E-state index in [0.29, 0.717) is 24.5 Å². The highest BCUT2D eigenvalue weighted by Crippen LogP contribution is 2.28. The third-order valence-electron chi connectivity index (χ3n) is 5.42. The highest BCUT2D eigenvalue weighted by molar-refractivity contribution is 5.97. The first-order valence-electron chi connectivity index (χ1n) is 10.8. The highest BCUT2D eigenvalue weighted by Gasteiger charge is 2.49. The predicted molar refractivity (Wildman–Crippen MR) is 125 cm³/mol. The molecule has 0 atom stereocenters. The number of carbonyl (C=O) groups is 1. The minimum Gasteiger partial charge on any atom is -0.378 e. The van der Waals surface area contributed by atoms with Crippen LogP contribution >= 0.6 is 0 Å². The Morgan fingerprint density at radius 3 is 2.50 bits per heavy atom. The van der Waals surface area contributed by atoms with Crippen LogP contribution in [0.2, 0.25) is 0 Å². The van der Waals surface area contributed by atoms with Crippen LogP contribution in [0.1, 0.15) is 5.56 Å². The van der Waals surface area contributed by atoms with Gasteiger partial charge in [0.25, 0.3) is 0 Å². The van der Waals surface area contributed by atoms with Gasteiger partial charge in [0.15, 0.2) is 0 Å². The fraction of sp³-hybridized carbons (Fsp3) is 0.250. The molecule has 2 aromatic carbocycles. The van der Waals surface area contributed by atoms with Crippen molar-refractivity contribution in [2.75, 3.05) is 41.8 Å². The van der Waals surface area contributed by atoms with Crippen LogP contribution < -0.4 is 15.5 Å². The molecule has 0 unspecified atom stereocenters. The van der Waals surface area contributed by atoms with Gasteiger partial charge < -0.3 is 20.3 Å². The third-order valence-corrected chi connectivity index (χ3v) is 5.42. The minimum atomic E-state index is -4.89. The van der Waals surface area contributed by atoms with E-state index in [1.807, 2.05) is 24.3 Å². The van der Waals surface area contributed by atoms with Gasteiger partial charge in [0.05, 0.1) is 30.2 Å². The monoisotopic (exact) mass is 500 g/mol. The average molecular weight is 500 g/mol. The van der Waals surface area contributed by atoms with Crippen LogP contribution in [0.25, 0.3) is 11.3 Å². The zero-order chi connectivity index (χ0) is 25.7. The van der Waals surface area contributed by atoms with Crippen LogP contribution in [0.5, 0.6) is 0 Å². The van der Waals surface area contributed by atoms with Crippen molar-refractivity contribution in [3.63, 3.8) is 0 Å². The topological polar surface area (TPSA) is 103 Å². The van der Waals surface area contributed by atoms with Gasteiger partial charge in [0, 0.05) is 36.2 Å². The van der Waals surface area contributed by atoms with E-state index in [4.69, 9.17) is 4.74 Å². The molecule has 1 amide bonds. The molecule has 0 radical (unpaired) electrons. The summed E-state index contributed by atoms with van der Waals surface area (Å²) in [6.45, 7) is 3.01. The lowest BCUT2D eigenvalue weighted by atomic mass is 10.1. The number of benzene rings is 2. The van der Waals surface area contributed by atoms with E-state index in [1.54, 1.807) is 17.5 Å². The number of morpholine rings is 1. The summed E-state index contributed by atoms with van der Waals surface area (Å²) in [6.07, 6.45) is -2.68. The normalized spacial score (nSPS) is 13.8. The first-order chi connectivity index (χ1) is 17.3. The van der Waals surface area contributed by atoms with Crippen molar-refractivity contribution < 1.29 is 27.1 Å². The number of hydrogen-bond acceptors (Lipinski definition) is 7. The van der Waals surface area contributed by atoms with Crippen LogP contribution in [0.3, 0.4) is 0 Å². The number of nitrogens with zero attached hydrogens (tertiary/aromatic N) is 4. The Hall–Kier alpha value is -4.24. The van der Waals surface area contributed by atoms with Crippen LogP contribution in [0.4, 0.5) is 40.6 Å². The van der Waals surface area contributed by atoms with Crippen molar-refractivity contribution in [2.45, 2.75) is 12.3 Å². The van der Waals surface area contributed by atoms with Gasteiger partial charge in [0.2, 0.25) is 5.95 Å². The fourth-order valence-electron chi connectivity index (χ4n) is 3.50. The number of carbonyl (C=O) groups excluding carboxylic acids is 1. The summed E-state index contributed by atoms with van der Waals surface area (Å²) in [5.74, 6) is -6.81. The molecule has 1 aliphatic rings. The van der Waals surface area contributed by atoms with Gasteiger partial charge in [-0.25, -0.2) is 18.7 Å². The quantitative estimate of drug-likeness (QED) is 0.463. The van der Waals surface area contributed by atoms with Crippen molar-refractivity contribution >= 4 is 28.9 Å². The Morgan fingerprint density at radius 2 is 1.83 bits per heavy atom. The molecule has 0 saturated carbocycles. The summed E-state index contributed by atoms with van der Waals surface area (Å²) >= 11 is 0. The van der Waals surface area contributed by atoms with Crippen LogP contribution in [-0.4, -0.2) is 54.5 Å². The van der Waals surface area contributed by atoms with Crippen molar-refractivity contribution in [1.82, 2.24) is 9.97 Å². The molecular formula is C24H20F4N6O2. The largest absolute Gasteiger partial charge is 0.383 e. The summed E-state index contributed by atoms with van der Waals surface area (Å²) < 4.78 is 56.8. The molecule has 0 bridgehead atoms. The number of nitriles is 1. The smallest absolute Gasteiger partial charge is 0.378 e. The number of amides is 1. The van der Waals surface area contributed by atoms with Crippen molar-refractivity contribution in [2.24, 2.45) is 0 Å². The number of alkyl halides is 4. The van der Waals surface area contributed by atoms with Gasteiger partial charge in [-0.05, 0) is 42.5 Å². The molecule has 1 aromatic heterocycles. The molecular weight excluding hydrogens is 480 g/mol. The third kappa shape index (κ3) is 5.52. The number of aromatic nitrogens is 2. The molecule has 0 aliphatic carbocycles. The predicted octanol–water partition coefficient (Wildman–Crippen LogP) is 4.43. The van der Waals surface area contributed by atoms with Gasteiger partial charge in [0.1, 0.15) is 6.07 Å². The number of hydrogen-bond donors (Lipinski definition) is 2. The SMILES string of the molecule is N#Cc1cc(-c2ccnc(Nc3ccc(N4CCOCC4)cc3)n2)ccc1NC(=O)C(F)(F)C(F)F. The molecule has 4 rings (SSSR count). The number of nitrogens with one attached hydrogen (secondary N) is 2. The molecule has 1 aliphatic heterocycles. The minimum absolute atomic E-state index is 0.197. The zero-order valence-electron chi connectivity index (χ0n) is 18.7. The molecule has 8 nitrogen and oxygen atoms in total. The highest BCUT2D eigenvalue weighted by atomic mass is 19.3. The lowest BCUT2D eigenvalue weighted by Gasteiger charge is -2.28. The van der Waals surface area contributed by atoms with E-state index >= 15 is 0 Å². The number of ether oxygens (including phenoxy) is 1.